The minimum atomic E-state index is -1.19. The summed E-state index contributed by atoms with van der Waals surface area (Å²) in [5.74, 6) is 0.835. The van der Waals surface area contributed by atoms with Crippen LogP contribution in [0.25, 0.3) is 0 Å². The first-order valence-corrected chi connectivity index (χ1v) is 11.2. The first-order chi connectivity index (χ1) is 16.1. The zero-order valence-electron chi connectivity index (χ0n) is 18.6. The molecular formula is C25H30FN3O4. The van der Waals surface area contributed by atoms with Crippen molar-refractivity contribution in [1.82, 2.24) is 14.7 Å². The van der Waals surface area contributed by atoms with E-state index in [9.17, 15) is 9.50 Å². The summed E-state index contributed by atoms with van der Waals surface area (Å²) in [6, 6.07) is 15.8. The Labute approximate surface area is 193 Å². The molecule has 1 saturated heterocycles. The molecule has 1 atom stereocenters. The molecule has 2 heterocycles. The van der Waals surface area contributed by atoms with Gasteiger partial charge in [0, 0.05) is 51.1 Å². The third-order valence-corrected chi connectivity index (χ3v) is 5.41. The van der Waals surface area contributed by atoms with Crippen LogP contribution in [0.5, 0.6) is 11.5 Å². The van der Waals surface area contributed by atoms with E-state index < -0.39 is 5.60 Å². The maximum atomic E-state index is 13.4. The molecule has 1 fully saturated rings. The largest absolute Gasteiger partial charge is 0.494 e. The van der Waals surface area contributed by atoms with E-state index in [2.05, 4.69) is 10.00 Å². The molecule has 0 saturated carbocycles. The maximum absolute atomic E-state index is 13.4. The highest BCUT2D eigenvalue weighted by molar-refractivity contribution is 5.28. The van der Waals surface area contributed by atoms with E-state index in [1.54, 1.807) is 18.3 Å². The van der Waals surface area contributed by atoms with Gasteiger partial charge in [-0.05, 0) is 35.9 Å². The number of aliphatic hydroxyl groups is 1. The lowest BCUT2D eigenvalue weighted by molar-refractivity contribution is -0.0647. The molecule has 1 aromatic heterocycles. The highest BCUT2D eigenvalue weighted by atomic mass is 19.1. The molecule has 3 aromatic rings. The number of β-amino-alcohol motifs (C(OH)–C–C–N with tert-alkyl or cyclic N) is 1. The van der Waals surface area contributed by atoms with E-state index >= 15 is 0 Å². The molecule has 0 aliphatic carbocycles. The number of hydrogen-bond acceptors (Lipinski definition) is 6. The Morgan fingerprint density at radius 1 is 1.09 bits per heavy atom. The molecular weight excluding hydrogens is 425 g/mol. The van der Waals surface area contributed by atoms with Gasteiger partial charge in [0.25, 0.3) is 0 Å². The topological polar surface area (TPSA) is 69.0 Å². The fourth-order valence-electron chi connectivity index (χ4n) is 3.83. The Balaban J connectivity index is 1.29. The summed E-state index contributed by atoms with van der Waals surface area (Å²) in [4.78, 5) is 2.14. The summed E-state index contributed by atoms with van der Waals surface area (Å²) < 4.78 is 32.5. The predicted molar refractivity (Wildman–Crippen MR) is 122 cm³/mol. The minimum absolute atomic E-state index is 0.0202. The second-order valence-corrected chi connectivity index (χ2v) is 8.35. The van der Waals surface area contributed by atoms with Crippen molar-refractivity contribution in [2.45, 2.75) is 25.1 Å². The number of nitrogens with zero attached hydrogens (tertiary/aromatic N) is 3. The highest BCUT2D eigenvalue weighted by Crippen LogP contribution is 2.20. The Hall–Kier alpha value is -2.94. The summed E-state index contributed by atoms with van der Waals surface area (Å²) in [6.45, 7) is 3.86. The van der Waals surface area contributed by atoms with E-state index in [1.165, 1.54) is 12.1 Å². The smallest absolute Gasteiger partial charge is 0.134 e. The van der Waals surface area contributed by atoms with Gasteiger partial charge in [-0.3, -0.25) is 9.58 Å². The molecule has 1 N–H and O–H groups in total. The molecule has 176 valence electrons. The van der Waals surface area contributed by atoms with Gasteiger partial charge >= 0.3 is 0 Å². The van der Waals surface area contributed by atoms with Crippen molar-refractivity contribution in [1.29, 1.82) is 0 Å². The Bertz CT molecular complexity index is 1000. The Kier molecular flexibility index (Phi) is 7.93. The molecule has 0 bridgehead atoms. The second kappa shape index (κ2) is 11.3. The first kappa shape index (κ1) is 23.2. The average Bonchev–Trinajstić information content (AvgIpc) is 3.25. The molecule has 33 heavy (non-hydrogen) atoms. The fourth-order valence-corrected chi connectivity index (χ4v) is 3.83. The number of aromatic nitrogens is 2. The van der Waals surface area contributed by atoms with E-state index in [0.29, 0.717) is 38.6 Å². The van der Waals surface area contributed by atoms with Crippen LogP contribution in [0.2, 0.25) is 0 Å². The van der Waals surface area contributed by atoms with Crippen molar-refractivity contribution >= 4 is 0 Å². The van der Waals surface area contributed by atoms with Crippen molar-refractivity contribution < 1.29 is 23.7 Å². The third kappa shape index (κ3) is 7.28. The molecule has 8 heteroatoms. The summed E-state index contributed by atoms with van der Waals surface area (Å²) in [6.07, 6.45) is 4.58. The summed E-state index contributed by atoms with van der Waals surface area (Å²) in [5, 5.41) is 15.3. The molecule has 0 amide bonds. The summed E-state index contributed by atoms with van der Waals surface area (Å²) in [5.41, 5.74) is -0.0986. The number of aryl methyl sites for hydroxylation is 1. The van der Waals surface area contributed by atoms with Crippen LogP contribution < -0.4 is 9.47 Å². The van der Waals surface area contributed by atoms with Gasteiger partial charge in [0.1, 0.15) is 29.5 Å². The Morgan fingerprint density at radius 3 is 2.76 bits per heavy atom. The molecule has 0 radical (unpaired) electrons. The lowest BCUT2D eigenvalue weighted by Gasteiger charge is -2.30. The number of benzene rings is 2. The van der Waals surface area contributed by atoms with E-state index in [0.717, 1.165) is 24.3 Å². The minimum Gasteiger partial charge on any atom is -0.494 e. The predicted octanol–water partition coefficient (Wildman–Crippen LogP) is 3.13. The van der Waals surface area contributed by atoms with Crippen molar-refractivity contribution in [3.63, 3.8) is 0 Å². The van der Waals surface area contributed by atoms with Gasteiger partial charge in [-0.1, -0.05) is 18.2 Å². The van der Waals surface area contributed by atoms with E-state index in [4.69, 9.17) is 14.2 Å². The lowest BCUT2D eigenvalue weighted by atomic mass is 10.1. The van der Waals surface area contributed by atoms with Crippen molar-refractivity contribution in [3.05, 3.63) is 78.4 Å². The van der Waals surface area contributed by atoms with Crippen LogP contribution in [0.1, 0.15) is 12.0 Å². The number of halogens is 1. The first-order valence-electron chi connectivity index (χ1n) is 11.2. The van der Waals surface area contributed by atoms with Gasteiger partial charge in [0.05, 0.1) is 19.8 Å². The van der Waals surface area contributed by atoms with E-state index in [-0.39, 0.29) is 19.0 Å². The van der Waals surface area contributed by atoms with Gasteiger partial charge in [-0.15, -0.1) is 0 Å². The standard InChI is InChI=1S/C25H30FN3O4/c26-22-6-2-8-24(16-22)33-20-25(30)18-28(12-14-31-19-25)17-21-5-1-7-23(15-21)32-13-4-11-29-10-3-9-27-29/h1-3,5-10,15-16,30H,4,11-14,17-20H2/t25-/m0/s1. The van der Waals surface area contributed by atoms with Gasteiger partial charge < -0.3 is 19.3 Å². The van der Waals surface area contributed by atoms with Crippen LogP contribution in [0, 0.1) is 5.82 Å². The maximum Gasteiger partial charge on any atom is 0.134 e. The monoisotopic (exact) mass is 455 g/mol. The van der Waals surface area contributed by atoms with Crippen LogP contribution in [0.4, 0.5) is 4.39 Å². The van der Waals surface area contributed by atoms with Crippen LogP contribution >= 0.6 is 0 Å². The summed E-state index contributed by atoms with van der Waals surface area (Å²) in [7, 11) is 0. The van der Waals surface area contributed by atoms with Crippen LogP contribution in [0.15, 0.2) is 67.0 Å². The third-order valence-electron chi connectivity index (χ3n) is 5.41. The molecule has 0 spiro atoms. The molecule has 0 unspecified atom stereocenters. The zero-order chi connectivity index (χ0) is 22.9. The number of hydrogen-bond donors (Lipinski definition) is 1. The van der Waals surface area contributed by atoms with Gasteiger partial charge in [0.15, 0.2) is 0 Å². The Morgan fingerprint density at radius 2 is 1.94 bits per heavy atom. The molecule has 7 nitrogen and oxygen atoms in total. The van der Waals surface area contributed by atoms with Crippen molar-refractivity contribution in [2.24, 2.45) is 0 Å². The summed E-state index contributed by atoms with van der Waals surface area (Å²) >= 11 is 0. The van der Waals surface area contributed by atoms with Crippen molar-refractivity contribution in [2.75, 3.05) is 39.5 Å². The quantitative estimate of drug-likeness (QED) is 0.474. The van der Waals surface area contributed by atoms with Crippen LogP contribution in [0.3, 0.4) is 0 Å². The SMILES string of the molecule is O[C@]1(COc2cccc(F)c2)COCCN(Cc2cccc(OCCCn3cccn3)c2)C1. The molecule has 1 aliphatic heterocycles. The molecule has 1 aliphatic rings. The normalized spacial score (nSPS) is 19.2. The van der Waals surface area contributed by atoms with Gasteiger partial charge in [-0.2, -0.15) is 5.10 Å². The van der Waals surface area contributed by atoms with Crippen LogP contribution in [-0.2, 0) is 17.8 Å². The number of ether oxygens (including phenoxy) is 3. The zero-order valence-corrected chi connectivity index (χ0v) is 18.6. The fraction of sp³-hybridized carbons (Fsp3) is 0.400. The van der Waals surface area contributed by atoms with E-state index in [1.807, 2.05) is 41.2 Å². The van der Waals surface area contributed by atoms with Crippen molar-refractivity contribution in [3.8, 4) is 11.5 Å². The van der Waals surface area contributed by atoms with Crippen LogP contribution in [-0.4, -0.2) is 64.9 Å². The second-order valence-electron chi connectivity index (χ2n) is 8.35. The number of rotatable bonds is 10. The molecule has 2 aromatic carbocycles. The van der Waals surface area contributed by atoms with Gasteiger partial charge in [0.2, 0.25) is 0 Å². The lowest BCUT2D eigenvalue weighted by Crippen LogP contribution is -2.48. The molecule has 4 rings (SSSR count). The van der Waals surface area contributed by atoms with Gasteiger partial charge in [-0.25, -0.2) is 4.39 Å². The highest BCUT2D eigenvalue weighted by Gasteiger charge is 2.33. The average molecular weight is 456 g/mol.